The number of benzene rings is 3. The highest BCUT2D eigenvalue weighted by Crippen LogP contribution is 2.24. The first-order valence-corrected chi connectivity index (χ1v) is 15.8. The predicted molar refractivity (Wildman–Crippen MR) is 185 cm³/mol. The van der Waals surface area contributed by atoms with E-state index in [2.05, 4.69) is 84.5 Å². The first-order valence-electron chi connectivity index (χ1n) is 15.8. The van der Waals surface area contributed by atoms with Gasteiger partial charge in [0.1, 0.15) is 0 Å². The summed E-state index contributed by atoms with van der Waals surface area (Å²) in [6.07, 6.45) is 2.29. The van der Waals surface area contributed by atoms with Crippen molar-refractivity contribution < 1.29 is 19.1 Å². The number of nitrogens with zero attached hydrogens (tertiary/aromatic N) is 1. The number of hydrogen-bond donors (Lipinski definition) is 1. The van der Waals surface area contributed by atoms with E-state index in [-0.39, 0.29) is 34.0 Å². The Labute approximate surface area is 271 Å². The van der Waals surface area contributed by atoms with Crippen molar-refractivity contribution in [1.82, 2.24) is 10.2 Å². The van der Waals surface area contributed by atoms with E-state index >= 15 is 0 Å². The first kappa shape index (κ1) is 37.3. The lowest BCUT2D eigenvalue weighted by Crippen LogP contribution is -2.27. The highest BCUT2D eigenvalue weighted by molar-refractivity contribution is 5.94. The van der Waals surface area contributed by atoms with E-state index in [1.807, 2.05) is 53.4 Å². The minimum atomic E-state index is -0.287. The van der Waals surface area contributed by atoms with Crippen molar-refractivity contribution in [2.75, 3.05) is 27.2 Å². The molecule has 0 radical (unpaired) electrons. The Balaban J connectivity index is 0.000000237. The van der Waals surface area contributed by atoms with Crippen LogP contribution in [0.2, 0.25) is 0 Å². The molecule has 0 spiro atoms. The first-order chi connectivity index (χ1) is 20.9. The van der Waals surface area contributed by atoms with Gasteiger partial charge in [-0.05, 0) is 82.2 Å². The van der Waals surface area contributed by atoms with Gasteiger partial charge in [-0.25, -0.2) is 4.79 Å². The average Bonchev–Trinajstić information content (AvgIpc) is 3.55. The maximum absolute atomic E-state index is 12.1. The number of rotatable bonds is 3. The summed E-state index contributed by atoms with van der Waals surface area (Å²) in [6.45, 7) is 21.3. The molecule has 45 heavy (non-hydrogen) atoms. The van der Waals surface area contributed by atoms with Crippen LogP contribution >= 0.6 is 0 Å². The Morgan fingerprint density at radius 2 is 0.911 bits per heavy atom. The molecule has 244 valence electrons. The topological polar surface area (TPSA) is 75.7 Å². The van der Waals surface area contributed by atoms with Crippen LogP contribution in [0.15, 0.2) is 72.8 Å². The zero-order valence-electron chi connectivity index (χ0n) is 29.3. The molecule has 3 aromatic carbocycles. The molecule has 1 fully saturated rings. The van der Waals surface area contributed by atoms with E-state index in [0.717, 1.165) is 31.5 Å². The Kier molecular flexibility index (Phi) is 13.1. The summed E-state index contributed by atoms with van der Waals surface area (Å²) in [7, 11) is 3.03. The normalized spacial score (nSPS) is 13.1. The highest BCUT2D eigenvalue weighted by Gasteiger charge is 2.20. The molecule has 0 aromatic heterocycles. The molecule has 6 heteroatoms. The number of hydrogen-bond acceptors (Lipinski definition) is 4. The molecule has 0 atom stereocenters. The van der Waals surface area contributed by atoms with E-state index in [9.17, 15) is 14.4 Å². The molecule has 3 aromatic rings. The van der Waals surface area contributed by atoms with Gasteiger partial charge in [-0.2, -0.15) is 0 Å². The summed E-state index contributed by atoms with van der Waals surface area (Å²) in [5, 5.41) is 2.60. The zero-order valence-corrected chi connectivity index (χ0v) is 29.3. The lowest BCUT2D eigenvalue weighted by Gasteiger charge is -2.20. The van der Waals surface area contributed by atoms with Crippen LogP contribution in [0, 0.1) is 0 Å². The van der Waals surface area contributed by atoms with Crippen molar-refractivity contribution in [3.63, 3.8) is 0 Å². The van der Waals surface area contributed by atoms with Gasteiger partial charge in [0, 0.05) is 31.3 Å². The third-order valence-electron chi connectivity index (χ3n) is 7.80. The number of carbonyl (C=O) groups is 3. The van der Waals surface area contributed by atoms with Gasteiger partial charge in [0.25, 0.3) is 11.8 Å². The van der Waals surface area contributed by atoms with Gasteiger partial charge in [-0.1, -0.05) is 98.7 Å². The van der Waals surface area contributed by atoms with Gasteiger partial charge in [0.05, 0.1) is 12.7 Å². The van der Waals surface area contributed by atoms with Crippen LogP contribution in [0.3, 0.4) is 0 Å². The fourth-order valence-corrected chi connectivity index (χ4v) is 4.71. The zero-order chi connectivity index (χ0) is 34.0. The molecule has 1 aliphatic heterocycles. The second-order valence-corrected chi connectivity index (χ2v) is 14.6. The van der Waals surface area contributed by atoms with Crippen LogP contribution in [0.5, 0.6) is 0 Å². The lowest BCUT2D eigenvalue weighted by atomic mass is 9.86. The molecule has 1 aliphatic rings. The van der Waals surface area contributed by atoms with E-state index in [0.29, 0.717) is 11.1 Å². The van der Waals surface area contributed by atoms with Gasteiger partial charge in [0.2, 0.25) is 0 Å². The monoisotopic (exact) mass is 614 g/mol. The minimum Gasteiger partial charge on any atom is -0.465 e. The third-order valence-corrected chi connectivity index (χ3v) is 7.80. The molecule has 4 rings (SSSR count). The summed E-state index contributed by atoms with van der Waals surface area (Å²) in [4.78, 5) is 36.5. The summed E-state index contributed by atoms with van der Waals surface area (Å²) in [6, 6.07) is 23.3. The highest BCUT2D eigenvalue weighted by atomic mass is 16.5. The van der Waals surface area contributed by atoms with E-state index in [4.69, 9.17) is 0 Å². The van der Waals surface area contributed by atoms with E-state index in [1.165, 1.54) is 23.8 Å². The van der Waals surface area contributed by atoms with Crippen LogP contribution in [0.25, 0.3) is 0 Å². The second-order valence-electron chi connectivity index (χ2n) is 14.6. The third kappa shape index (κ3) is 11.5. The van der Waals surface area contributed by atoms with Gasteiger partial charge in [0.15, 0.2) is 0 Å². The average molecular weight is 615 g/mol. The molecule has 1 saturated heterocycles. The second kappa shape index (κ2) is 15.9. The van der Waals surface area contributed by atoms with Crippen LogP contribution in [0.1, 0.15) is 123 Å². The summed E-state index contributed by atoms with van der Waals surface area (Å²) >= 11 is 0. The predicted octanol–water partition coefficient (Wildman–Crippen LogP) is 8.33. The van der Waals surface area contributed by atoms with Crippen molar-refractivity contribution in [3.8, 4) is 0 Å². The number of ether oxygens (including phenoxy) is 1. The van der Waals surface area contributed by atoms with Crippen molar-refractivity contribution in [2.45, 2.75) is 91.4 Å². The Morgan fingerprint density at radius 1 is 0.578 bits per heavy atom. The lowest BCUT2D eigenvalue weighted by molar-refractivity contribution is 0.0600. The van der Waals surface area contributed by atoms with E-state index in [1.54, 1.807) is 19.2 Å². The number of methoxy groups -OCH3 is 1. The Morgan fingerprint density at radius 3 is 1.22 bits per heavy atom. The minimum absolute atomic E-state index is 0.0366. The fourth-order valence-electron chi connectivity index (χ4n) is 4.71. The number of esters is 1. The van der Waals surface area contributed by atoms with Gasteiger partial charge in [-0.3, -0.25) is 9.59 Å². The van der Waals surface area contributed by atoms with E-state index < -0.39 is 0 Å². The molecule has 0 bridgehead atoms. The quantitative estimate of drug-likeness (QED) is 0.301. The fraction of sp³-hybridized carbons (Fsp3) is 0.462. The van der Waals surface area contributed by atoms with Crippen LogP contribution < -0.4 is 5.32 Å². The Hall–Kier alpha value is -3.93. The molecule has 6 nitrogen and oxygen atoms in total. The van der Waals surface area contributed by atoms with Gasteiger partial charge >= 0.3 is 5.97 Å². The largest absolute Gasteiger partial charge is 0.465 e. The van der Waals surface area contributed by atoms with Crippen molar-refractivity contribution in [3.05, 3.63) is 106 Å². The number of carbonyl (C=O) groups excluding carboxylic acids is 3. The molecule has 1 N–H and O–H groups in total. The smallest absolute Gasteiger partial charge is 0.337 e. The molecular formula is C39H54N2O4. The number of nitrogens with one attached hydrogen (secondary N) is 1. The van der Waals surface area contributed by atoms with Crippen molar-refractivity contribution in [1.29, 1.82) is 0 Å². The number of likely N-dealkylation sites (tertiary alicyclic amines) is 1. The van der Waals surface area contributed by atoms with Crippen LogP contribution in [0.4, 0.5) is 0 Å². The summed E-state index contributed by atoms with van der Waals surface area (Å²) < 4.78 is 4.62. The van der Waals surface area contributed by atoms with Crippen molar-refractivity contribution in [2.24, 2.45) is 0 Å². The molecule has 0 aliphatic carbocycles. The standard InChI is InChI=1S/C15H21NO.C12H17NO.C12H16O2/c1-15(2,3)13-8-6-12(7-9-13)14(17)16-10-4-5-11-16;1-12(2,3)10-7-5-9(6-8-10)11(14)13-4;1-12(2,3)10-7-5-9(6-8-10)11(13)14-4/h6-9H,4-5,10-11H2,1-3H3;5-8H,1-4H3,(H,13,14);5-8H,1-4H3. The van der Waals surface area contributed by atoms with Crippen molar-refractivity contribution >= 4 is 17.8 Å². The van der Waals surface area contributed by atoms with Crippen LogP contribution in [-0.2, 0) is 21.0 Å². The maximum atomic E-state index is 12.1. The summed E-state index contributed by atoms with van der Waals surface area (Å²) in [5.74, 6) is -0.140. The van der Waals surface area contributed by atoms with Crippen LogP contribution in [-0.4, -0.2) is 49.9 Å². The van der Waals surface area contributed by atoms with Gasteiger partial charge < -0.3 is 15.0 Å². The van der Waals surface area contributed by atoms with Gasteiger partial charge in [-0.15, -0.1) is 0 Å². The molecule has 2 amide bonds. The molecular weight excluding hydrogens is 560 g/mol. The number of amides is 2. The Bertz CT molecular complexity index is 1310. The summed E-state index contributed by atoms with van der Waals surface area (Å²) in [5.41, 5.74) is 6.26. The molecule has 0 unspecified atom stereocenters. The SMILES string of the molecule is CC(C)(C)c1ccc(C(=O)N2CCCC2)cc1.CNC(=O)c1ccc(C(C)(C)C)cc1.COC(=O)c1ccc(C(C)(C)C)cc1. The maximum Gasteiger partial charge on any atom is 0.337 e. The molecule has 0 saturated carbocycles. The molecule has 1 heterocycles.